The third kappa shape index (κ3) is 6.67. The predicted molar refractivity (Wildman–Crippen MR) is 174 cm³/mol. The van der Waals surface area contributed by atoms with E-state index in [9.17, 15) is 18.7 Å². The Morgan fingerprint density at radius 3 is 2.73 bits per heavy atom. The summed E-state index contributed by atoms with van der Waals surface area (Å²) in [4.78, 5) is 36.0. The highest BCUT2D eigenvalue weighted by Gasteiger charge is 2.50. The molecule has 4 saturated heterocycles. The normalized spacial score (nSPS) is 24.0. The lowest BCUT2D eigenvalue weighted by Gasteiger charge is -2.53. The molecule has 0 saturated carbocycles. The van der Waals surface area contributed by atoms with Crippen LogP contribution < -0.4 is 14.5 Å². The molecule has 254 valence electrons. The first-order valence-electron chi connectivity index (χ1n) is 16.2. The second kappa shape index (κ2) is 13.9. The number of piperidine rings is 1. The fraction of sp³-hybridized carbons (Fsp3) is 0.545. The molecular weight excluding hydrogens is 644 g/mol. The second-order valence-electron chi connectivity index (χ2n) is 12.5. The van der Waals surface area contributed by atoms with E-state index in [0.29, 0.717) is 43.7 Å². The van der Waals surface area contributed by atoms with Crippen molar-refractivity contribution in [2.24, 2.45) is 0 Å². The number of aliphatic carboxylic acids is 1. The largest absolute Gasteiger partial charge is 0.480 e. The molecule has 48 heavy (non-hydrogen) atoms. The standard InChI is InChI=1S/C33H37F2N7O5S/c1-21-33(19-45-20-33)46-13-12-41(21)24-15-22(7-5-11-40-9-3-2-4-10-40)17-36-30(24)47-23-16-25(31(43)44)42(18-23)32-38-28(26-8-6-14-48-26)37-29(39-32)27(34)35/h6,8,14-15,17,21,23,25,27H,2-4,9-13,16,18-20H2,1H3,(H,43,44)/t21-,23-,25-/m0/s1. The van der Waals surface area contributed by atoms with Crippen LogP contribution in [0.15, 0.2) is 29.8 Å². The molecular formula is C33H37F2N7O5S. The summed E-state index contributed by atoms with van der Waals surface area (Å²) in [6, 6.07) is 4.28. The molecule has 0 amide bonds. The van der Waals surface area contributed by atoms with Crippen LogP contribution >= 0.6 is 11.3 Å². The molecule has 15 heteroatoms. The Labute approximate surface area is 281 Å². The summed E-state index contributed by atoms with van der Waals surface area (Å²) in [6.45, 7) is 6.99. The number of anilines is 2. The molecule has 3 aromatic rings. The van der Waals surface area contributed by atoms with E-state index in [-0.39, 0.29) is 30.8 Å². The highest BCUT2D eigenvalue weighted by molar-refractivity contribution is 7.13. The average Bonchev–Trinajstić information content (AvgIpc) is 3.77. The van der Waals surface area contributed by atoms with E-state index in [0.717, 1.165) is 24.3 Å². The van der Waals surface area contributed by atoms with Gasteiger partial charge in [0.25, 0.3) is 6.43 Å². The van der Waals surface area contributed by atoms with E-state index < -0.39 is 36.0 Å². The zero-order valence-corrected chi connectivity index (χ0v) is 27.4. The van der Waals surface area contributed by atoms with Gasteiger partial charge in [-0.15, -0.1) is 11.3 Å². The maximum absolute atomic E-state index is 13.9. The summed E-state index contributed by atoms with van der Waals surface area (Å²) in [6.07, 6.45) is 1.77. The Bertz CT molecular complexity index is 1680. The van der Waals surface area contributed by atoms with Gasteiger partial charge in [-0.05, 0) is 50.4 Å². The van der Waals surface area contributed by atoms with Gasteiger partial charge in [-0.2, -0.15) is 9.97 Å². The molecule has 7 heterocycles. The van der Waals surface area contributed by atoms with E-state index in [4.69, 9.17) is 19.2 Å². The Morgan fingerprint density at radius 2 is 2.02 bits per heavy atom. The van der Waals surface area contributed by atoms with Crippen LogP contribution in [0.25, 0.3) is 10.7 Å². The molecule has 0 unspecified atom stereocenters. The third-order valence-corrected chi connectivity index (χ3v) is 10.3. The van der Waals surface area contributed by atoms with Crippen molar-refractivity contribution in [3.63, 3.8) is 0 Å². The summed E-state index contributed by atoms with van der Waals surface area (Å²) in [5.41, 5.74) is 1.03. The summed E-state index contributed by atoms with van der Waals surface area (Å²) >= 11 is 1.29. The zero-order valence-electron chi connectivity index (χ0n) is 26.6. The van der Waals surface area contributed by atoms with Crippen molar-refractivity contribution in [1.82, 2.24) is 24.8 Å². The second-order valence-corrected chi connectivity index (χ2v) is 13.5. The number of alkyl halides is 2. The van der Waals surface area contributed by atoms with Crippen molar-refractivity contribution in [2.45, 2.75) is 62.8 Å². The number of halogens is 2. The molecule has 0 radical (unpaired) electrons. The molecule has 4 fully saturated rings. The smallest absolute Gasteiger partial charge is 0.326 e. The number of rotatable bonds is 8. The van der Waals surface area contributed by atoms with Gasteiger partial charge < -0.3 is 29.1 Å². The quantitative estimate of drug-likeness (QED) is 0.347. The lowest BCUT2D eigenvalue weighted by Crippen LogP contribution is -2.68. The van der Waals surface area contributed by atoms with E-state index >= 15 is 0 Å². The van der Waals surface area contributed by atoms with Crippen molar-refractivity contribution in [3.8, 4) is 28.4 Å². The van der Waals surface area contributed by atoms with Gasteiger partial charge in [0, 0.05) is 24.7 Å². The SMILES string of the molecule is C[C@@H]1N(c2cc(C#CCN3CCCCC3)cnc2O[C@H]2C[C@@H](C(=O)O)N(c3nc(-c4cccs4)nc(C(F)F)n3)C2)CCOC12COC2. The number of pyridine rings is 1. The Hall–Kier alpha value is -3.97. The Kier molecular flexibility index (Phi) is 9.41. The number of aromatic nitrogens is 4. The minimum atomic E-state index is -2.96. The summed E-state index contributed by atoms with van der Waals surface area (Å²) in [7, 11) is 0. The minimum absolute atomic E-state index is 0.0441. The first-order valence-corrected chi connectivity index (χ1v) is 17.1. The average molecular weight is 682 g/mol. The Balaban J connectivity index is 1.17. The zero-order chi connectivity index (χ0) is 33.3. The lowest BCUT2D eigenvalue weighted by molar-refractivity contribution is -0.228. The number of carboxylic acids is 1. The first-order chi connectivity index (χ1) is 23.3. The van der Waals surface area contributed by atoms with E-state index in [1.165, 1.54) is 35.5 Å². The van der Waals surface area contributed by atoms with Crippen LogP contribution in [0.3, 0.4) is 0 Å². The van der Waals surface area contributed by atoms with Gasteiger partial charge in [0.15, 0.2) is 5.82 Å². The molecule has 3 atom stereocenters. The number of carboxylic acid groups (broad SMARTS) is 1. The monoisotopic (exact) mass is 681 g/mol. The van der Waals surface area contributed by atoms with Crippen molar-refractivity contribution in [3.05, 3.63) is 41.2 Å². The van der Waals surface area contributed by atoms with E-state index in [1.807, 2.05) is 6.07 Å². The van der Waals surface area contributed by atoms with Gasteiger partial charge >= 0.3 is 5.97 Å². The molecule has 1 spiro atoms. The van der Waals surface area contributed by atoms with Crippen LogP contribution in [0, 0.1) is 11.8 Å². The van der Waals surface area contributed by atoms with Crippen LogP contribution in [0.5, 0.6) is 5.88 Å². The van der Waals surface area contributed by atoms with Gasteiger partial charge in [0.2, 0.25) is 17.7 Å². The van der Waals surface area contributed by atoms with Gasteiger partial charge in [0.05, 0.1) is 43.8 Å². The third-order valence-electron chi connectivity index (χ3n) is 9.43. The molecule has 7 rings (SSSR count). The lowest BCUT2D eigenvalue weighted by atomic mass is 9.90. The molecule has 4 aliphatic rings. The van der Waals surface area contributed by atoms with Gasteiger partial charge in [-0.3, -0.25) is 4.90 Å². The topological polar surface area (TPSA) is 126 Å². The summed E-state index contributed by atoms with van der Waals surface area (Å²) in [5.74, 6) is 4.99. The number of hydrogen-bond donors (Lipinski definition) is 1. The molecule has 3 aromatic heterocycles. The molecule has 0 aromatic carbocycles. The van der Waals surface area contributed by atoms with Crippen LogP contribution in [-0.4, -0.2) is 112 Å². The molecule has 0 bridgehead atoms. The van der Waals surface area contributed by atoms with Crippen LogP contribution in [0.4, 0.5) is 20.4 Å². The first kappa shape index (κ1) is 32.6. The van der Waals surface area contributed by atoms with Gasteiger partial charge in [-0.1, -0.05) is 24.3 Å². The fourth-order valence-electron chi connectivity index (χ4n) is 6.70. The fourth-order valence-corrected chi connectivity index (χ4v) is 7.35. The number of nitrogens with zero attached hydrogens (tertiary/aromatic N) is 7. The number of ether oxygens (including phenoxy) is 3. The van der Waals surface area contributed by atoms with E-state index in [1.54, 1.807) is 23.7 Å². The van der Waals surface area contributed by atoms with Gasteiger partial charge in [0.1, 0.15) is 23.4 Å². The molecule has 1 N–H and O–H groups in total. The van der Waals surface area contributed by atoms with Crippen LogP contribution in [0.1, 0.15) is 50.4 Å². The Morgan fingerprint density at radius 1 is 1.19 bits per heavy atom. The number of morpholine rings is 1. The van der Waals surface area contributed by atoms with Crippen molar-refractivity contribution < 1.29 is 32.9 Å². The number of thiophene rings is 1. The van der Waals surface area contributed by atoms with Gasteiger partial charge in [-0.25, -0.2) is 23.5 Å². The maximum Gasteiger partial charge on any atom is 0.326 e. The van der Waals surface area contributed by atoms with Crippen molar-refractivity contribution >= 4 is 28.9 Å². The number of hydrogen-bond acceptors (Lipinski definition) is 12. The summed E-state index contributed by atoms with van der Waals surface area (Å²) in [5, 5.41) is 12.0. The van der Waals surface area contributed by atoms with Crippen molar-refractivity contribution in [2.75, 3.05) is 62.3 Å². The minimum Gasteiger partial charge on any atom is -0.480 e. The van der Waals surface area contributed by atoms with Crippen LogP contribution in [-0.2, 0) is 14.3 Å². The highest BCUT2D eigenvalue weighted by atomic mass is 32.1. The molecule has 4 aliphatic heterocycles. The molecule has 0 aliphatic carbocycles. The predicted octanol–water partition coefficient (Wildman–Crippen LogP) is 3.88. The maximum atomic E-state index is 13.9. The van der Waals surface area contributed by atoms with Crippen molar-refractivity contribution in [1.29, 1.82) is 0 Å². The summed E-state index contributed by atoms with van der Waals surface area (Å²) < 4.78 is 45.9. The number of carbonyl (C=O) groups is 1. The van der Waals surface area contributed by atoms with E-state index in [2.05, 4.69) is 43.5 Å². The van der Waals surface area contributed by atoms with Crippen LogP contribution in [0.2, 0.25) is 0 Å². The number of likely N-dealkylation sites (tertiary alicyclic amines) is 1. The highest BCUT2D eigenvalue weighted by Crippen LogP contribution is 2.39. The molecule has 12 nitrogen and oxygen atoms in total.